The van der Waals surface area contributed by atoms with Crippen molar-refractivity contribution in [1.29, 1.82) is 0 Å². The minimum Gasteiger partial charge on any atom is -0.497 e. The Labute approximate surface area is 224 Å². The lowest BCUT2D eigenvalue weighted by Crippen LogP contribution is -2.41. The third kappa shape index (κ3) is 5.29. The van der Waals surface area contributed by atoms with Gasteiger partial charge in [-0.15, -0.1) is 0 Å². The van der Waals surface area contributed by atoms with Crippen molar-refractivity contribution >= 4 is 22.9 Å². The summed E-state index contributed by atoms with van der Waals surface area (Å²) in [6.07, 6.45) is -1.24. The van der Waals surface area contributed by atoms with Crippen LogP contribution in [0.4, 0.5) is 20.7 Å². The van der Waals surface area contributed by atoms with Crippen LogP contribution in [0.25, 0.3) is 17.0 Å². The van der Waals surface area contributed by atoms with E-state index in [-0.39, 0.29) is 12.1 Å². The predicted molar refractivity (Wildman–Crippen MR) is 141 cm³/mol. The topological polar surface area (TPSA) is 90.7 Å². The lowest BCUT2D eigenvalue weighted by Gasteiger charge is -2.33. The molecule has 10 nitrogen and oxygen atoms in total. The van der Waals surface area contributed by atoms with Crippen LogP contribution in [0.5, 0.6) is 11.5 Å². The van der Waals surface area contributed by atoms with E-state index in [9.17, 15) is 8.78 Å². The molecule has 2 fully saturated rings. The van der Waals surface area contributed by atoms with Gasteiger partial charge in [-0.2, -0.15) is 15.0 Å². The molecule has 0 unspecified atom stereocenters. The number of aromatic nitrogens is 5. The van der Waals surface area contributed by atoms with Crippen molar-refractivity contribution in [2.24, 2.45) is 0 Å². The Bertz CT molecular complexity index is 1420. The molecule has 4 heterocycles. The number of benzene rings is 2. The van der Waals surface area contributed by atoms with Gasteiger partial charge in [-0.3, -0.25) is 4.57 Å². The molecule has 0 radical (unpaired) electrons. The molecule has 2 saturated heterocycles. The zero-order chi connectivity index (χ0) is 26.8. The number of piperidine rings is 1. The van der Waals surface area contributed by atoms with Crippen LogP contribution in [-0.4, -0.2) is 77.1 Å². The number of halogens is 2. The molecule has 0 N–H and O–H groups in total. The Morgan fingerprint density at radius 1 is 0.795 bits per heavy atom. The average Bonchev–Trinajstić information content (AvgIpc) is 3.38. The maximum absolute atomic E-state index is 14.1. The number of morpholine rings is 1. The maximum atomic E-state index is 14.1. The Balaban J connectivity index is 1.30. The van der Waals surface area contributed by atoms with Gasteiger partial charge < -0.3 is 24.0 Å². The van der Waals surface area contributed by atoms with Crippen LogP contribution < -0.4 is 19.3 Å². The first-order valence-electron chi connectivity index (χ1n) is 13.0. The molecule has 0 amide bonds. The highest BCUT2D eigenvalue weighted by Gasteiger charge is 2.27. The van der Waals surface area contributed by atoms with Crippen LogP contribution >= 0.6 is 0 Å². The van der Waals surface area contributed by atoms with E-state index in [1.165, 1.54) is 4.57 Å². The standard InChI is InChI=1S/C27H29F2N7O3/c1-37-18-6-8-19(9-7-18)39-20-10-12-34(13-11-20)25-31-26(35-14-16-38-17-15-35)33-27(32-25)36-22-5-3-2-4-21(22)30-24(36)23(28)29/h2-9,20,23H,10-17H2,1H3. The summed E-state index contributed by atoms with van der Waals surface area (Å²) in [4.78, 5) is 22.3. The van der Waals surface area contributed by atoms with Crippen molar-refractivity contribution in [3.63, 3.8) is 0 Å². The number of ether oxygens (including phenoxy) is 3. The van der Waals surface area contributed by atoms with Crippen LogP contribution in [-0.2, 0) is 4.74 Å². The summed E-state index contributed by atoms with van der Waals surface area (Å²) in [6, 6.07) is 14.5. The van der Waals surface area contributed by atoms with E-state index < -0.39 is 12.2 Å². The molecule has 204 valence electrons. The van der Waals surface area contributed by atoms with Gasteiger partial charge in [0.05, 0.1) is 31.4 Å². The van der Waals surface area contributed by atoms with Gasteiger partial charge in [0.15, 0.2) is 5.82 Å². The second-order valence-corrected chi connectivity index (χ2v) is 9.41. The molecule has 2 aromatic carbocycles. The van der Waals surface area contributed by atoms with Crippen molar-refractivity contribution in [1.82, 2.24) is 24.5 Å². The number of nitrogens with zero attached hydrogens (tertiary/aromatic N) is 7. The summed E-state index contributed by atoms with van der Waals surface area (Å²) < 4.78 is 46.5. The predicted octanol–water partition coefficient (Wildman–Crippen LogP) is 4.04. The summed E-state index contributed by atoms with van der Waals surface area (Å²) >= 11 is 0. The normalized spacial score (nSPS) is 16.7. The molecule has 0 bridgehead atoms. The van der Waals surface area contributed by atoms with Crippen molar-refractivity contribution in [2.45, 2.75) is 25.4 Å². The summed E-state index contributed by atoms with van der Waals surface area (Å²) in [5.41, 5.74) is 0.976. The summed E-state index contributed by atoms with van der Waals surface area (Å²) in [5, 5.41) is 0. The molecule has 2 aromatic heterocycles. The first-order chi connectivity index (χ1) is 19.1. The zero-order valence-electron chi connectivity index (χ0n) is 21.5. The third-order valence-corrected chi connectivity index (χ3v) is 6.96. The highest BCUT2D eigenvalue weighted by atomic mass is 19.3. The second kappa shape index (κ2) is 11.0. The van der Waals surface area contributed by atoms with Gasteiger partial charge in [-0.1, -0.05) is 12.1 Å². The molecule has 2 aliphatic rings. The monoisotopic (exact) mass is 537 g/mol. The van der Waals surface area contributed by atoms with E-state index in [0.29, 0.717) is 62.3 Å². The largest absolute Gasteiger partial charge is 0.497 e. The molecule has 6 rings (SSSR count). The number of fused-ring (bicyclic) bond motifs is 1. The van der Waals surface area contributed by atoms with Crippen LogP contribution in [0.2, 0.25) is 0 Å². The summed E-state index contributed by atoms with van der Waals surface area (Å²) in [5.74, 6) is 2.18. The number of rotatable bonds is 7. The highest BCUT2D eigenvalue weighted by molar-refractivity contribution is 5.77. The molecule has 0 spiro atoms. The van der Waals surface area contributed by atoms with Gasteiger partial charge in [-0.25, -0.2) is 13.8 Å². The van der Waals surface area contributed by atoms with Crippen molar-refractivity contribution in [3.8, 4) is 17.4 Å². The number of imidazole rings is 1. The minimum atomic E-state index is -2.80. The number of alkyl halides is 2. The van der Waals surface area contributed by atoms with Gasteiger partial charge in [-0.05, 0) is 36.4 Å². The van der Waals surface area contributed by atoms with Gasteiger partial charge in [0.25, 0.3) is 6.43 Å². The molecular formula is C27H29F2N7O3. The molecule has 0 atom stereocenters. The molecule has 12 heteroatoms. The number of hydrogen-bond donors (Lipinski definition) is 0. The Morgan fingerprint density at radius 2 is 1.41 bits per heavy atom. The molecule has 0 aliphatic carbocycles. The van der Waals surface area contributed by atoms with E-state index in [4.69, 9.17) is 24.2 Å². The maximum Gasteiger partial charge on any atom is 0.296 e. The molecular weight excluding hydrogens is 508 g/mol. The first-order valence-corrected chi connectivity index (χ1v) is 13.0. The SMILES string of the molecule is COc1ccc(OC2CCN(c3nc(N4CCOCC4)nc(-n4c(C(F)F)nc5ccccc54)n3)CC2)cc1. The van der Waals surface area contributed by atoms with Crippen molar-refractivity contribution in [3.05, 3.63) is 54.4 Å². The fourth-order valence-electron chi connectivity index (χ4n) is 4.91. The molecule has 2 aliphatic heterocycles. The number of para-hydroxylation sites is 2. The number of methoxy groups -OCH3 is 1. The fourth-order valence-corrected chi connectivity index (χ4v) is 4.91. The number of hydrogen-bond acceptors (Lipinski definition) is 9. The van der Waals surface area contributed by atoms with Gasteiger partial charge in [0.2, 0.25) is 17.8 Å². The lowest BCUT2D eigenvalue weighted by atomic mass is 10.1. The highest BCUT2D eigenvalue weighted by Crippen LogP contribution is 2.29. The smallest absolute Gasteiger partial charge is 0.296 e. The van der Waals surface area contributed by atoms with E-state index >= 15 is 0 Å². The Morgan fingerprint density at radius 3 is 2.08 bits per heavy atom. The number of anilines is 2. The van der Waals surface area contributed by atoms with Crippen LogP contribution in [0, 0.1) is 0 Å². The van der Waals surface area contributed by atoms with Crippen molar-refractivity contribution in [2.75, 3.05) is 56.3 Å². The Kier molecular flexibility index (Phi) is 7.10. The van der Waals surface area contributed by atoms with E-state index in [2.05, 4.69) is 14.9 Å². The summed E-state index contributed by atoms with van der Waals surface area (Å²) in [7, 11) is 1.63. The van der Waals surface area contributed by atoms with Gasteiger partial charge >= 0.3 is 0 Å². The van der Waals surface area contributed by atoms with Crippen molar-refractivity contribution < 1.29 is 23.0 Å². The Hall–Kier alpha value is -4.06. The van der Waals surface area contributed by atoms with Crippen LogP contribution in [0.3, 0.4) is 0 Å². The minimum absolute atomic E-state index is 0.0395. The molecule has 4 aromatic rings. The van der Waals surface area contributed by atoms with Gasteiger partial charge in [0, 0.05) is 39.0 Å². The fraction of sp³-hybridized carbons (Fsp3) is 0.407. The molecule has 39 heavy (non-hydrogen) atoms. The van der Waals surface area contributed by atoms with E-state index in [0.717, 1.165) is 24.3 Å². The zero-order valence-corrected chi connectivity index (χ0v) is 21.5. The van der Waals surface area contributed by atoms with E-state index in [1.54, 1.807) is 31.4 Å². The quantitative estimate of drug-likeness (QED) is 0.346. The average molecular weight is 538 g/mol. The molecule has 0 saturated carbocycles. The lowest BCUT2D eigenvalue weighted by molar-refractivity contribution is 0.122. The van der Waals surface area contributed by atoms with Crippen LogP contribution in [0.1, 0.15) is 25.1 Å². The summed E-state index contributed by atoms with van der Waals surface area (Å²) in [6.45, 7) is 3.60. The van der Waals surface area contributed by atoms with E-state index in [1.807, 2.05) is 29.2 Å². The second-order valence-electron chi connectivity index (χ2n) is 9.41. The third-order valence-electron chi connectivity index (χ3n) is 6.96. The van der Waals surface area contributed by atoms with Crippen LogP contribution in [0.15, 0.2) is 48.5 Å². The first kappa shape index (κ1) is 25.2. The van der Waals surface area contributed by atoms with Gasteiger partial charge in [0.1, 0.15) is 17.6 Å².